The molecule has 0 radical (unpaired) electrons. The van der Waals surface area contributed by atoms with E-state index in [9.17, 15) is 9.59 Å². The lowest BCUT2D eigenvalue weighted by Crippen LogP contribution is -2.32. The van der Waals surface area contributed by atoms with Crippen molar-refractivity contribution in [1.82, 2.24) is 19.7 Å². The number of hydrogen-bond acceptors (Lipinski definition) is 3. The van der Waals surface area contributed by atoms with Gasteiger partial charge in [-0.2, -0.15) is 5.10 Å². The summed E-state index contributed by atoms with van der Waals surface area (Å²) in [5.74, 6) is 1.55. The third-order valence-corrected chi connectivity index (χ3v) is 4.06. The number of nitrogens with zero attached hydrogens (tertiary/aromatic N) is 3. The van der Waals surface area contributed by atoms with Crippen LogP contribution < -0.4 is 11.0 Å². The van der Waals surface area contributed by atoms with Crippen molar-refractivity contribution in [3.05, 3.63) is 46.6 Å². The Kier molecular flexibility index (Phi) is 4.83. The number of carbonyl (C=O) groups excluding carboxylic acids is 1. The lowest BCUT2D eigenvalue weighted by atomic mass is 10.1. The van der Waals surface area contributed by atoms with E-state index in [1.54, 1.807) is 4.57 Å². The zero-order chi connectivity index (χ0) is 17.1. The number of rotatable bonds is 7. The Hall–Kier alpha value is -2.37. The summed E-state index contributed by atoms with van der Waals surface area (Å²) in [6.07, 6.45) is 2.66. The molecular formula is C18H24N4O2. The van der Waals surface area contributed by atoms with Crippen LogP contribution in [0.5, 0.6) is 0 Å². The topological polar surface area (TPSA) is 68.9 Å². The van der Waals surface area contributed by atoms with Gasteiger partial charge >= 0.3 is 5.69 Å². The maximum absolute atomic E-state index is 12.7. The van der Waals surface area contributed by atoms with E-state index in [2.05, 4.69) is 10.4 Å². The number of para-hydroxylation sites is 1. The second-order valence-electron chi connectivity index (χ2n) is 6.76. The molecule has 0 aliphatic heterocycles. The molecule has 1 heterocycles. The van der Waals surface area contributed by atoms with Crippen LogP contribution in [0.2, 0.25) is 0 Å². The van der Waals surface area contributed by atoms with Gasteiger partial charge in [0, 0.05) is 18.9 Å². The minimum Gasteiger partial charge on any atom is -0.354 e. The number of hydrogen-bond donors (Lipinski definition) is 1. The SMILES string of the molecule is CC(C)CC(=O)NCCn1nc(C2CC2)n(-c2ccccc2)c1=O. The normalized spacial score (nSPS) is 14.1. The van der Waals surface area contributed by atoms with Crippen LogP contribution >= 0.6 is 0 Å². The predicted octanol–water partition coefficient (Wildman–Crippen LogP) is 2.07. The van der Waals surface area contributed by atoms with E-state index >= 15 is 0 Å². The van der Waals surface area contributed by atoms with E-state index in [-0.39, 0.29) is 11.6 Å². The molecule has 6 nitrogen and oxygen atoms in total. The first-order chi connectivity index (χ1) is 11.6. The maximum Gasteiger partial charge on any atom is 0.350 e. The zero-order valence-corrected chi connectivity index (χ0v) is 14.2. The van der Waals surface area contributed by atoms with Crippen molar-refractivity contribution in [2.75, 3.05) is 6.54 Å². The van der Waals surface area contributed by atoms with E-state index < -0.39 is 0 Å². The molecule has 0 atom stereocenters. The monoisotopic (exact) mass is 328 g/mol. The van der Waals surface area contributed by atoms with Gasteiger partial charge in [-0.15, -0.1) is 0 Å². The molecule has 2 aromatic rings. The van der Waals surface area contributed by atoms with E-state index in [1.807, 2.05) is 44.2 Å². The smallest absolute Gasteiger partial charge is 0.350 e. The second-order valence-corrected chi connectivity index (χ2v) is 6.76. The number of nitrogens with one attached hydrogen (secondary N) is 1. The molecule has 1 saturated carbocycles. The second kappa shape index (κ2) is 7.03. The third kappa shape index (κ3) is 3.75. The van der Waals surface area contributed by atoms with Gasteiger partial charge < -0.3 is 5.32 Å². The molecule has 0 spiro atoms. The first-order valence-electron chi connectivity index (χ1n) is 8.58. The average Bonchev–Trinajstić information content (AvgIpc) is 3.33. The van der Waals surface area contributed by atoms with Crippen molar-refractivity contribution in [2.45, 2.75) is 45.6 Å². The summed E-state index contributed by atoms with van der Waals surface area (Å²) in [5, 5.41) is 7.38. The maximum atomic E-state index is 12.7. The van der Waals surface area contributed by atoms with Gasteiger partial charge in [0.15, 0.2) is 0 Å². The molecule has 1 aromatic carbocycles. The summed E-state index contributed by atoms with van der Waals surface area (Å²) in [6.45, 7) is 4.82. The fourth-order valence-corrected chi connectivity index (χ4v) is 2.74. The molecule has 3 rings (SSSR count). The highest BCUT2D eigenvalue weighted by Crippen LogP contribution is 2.39. The fourth-order valence-electron chi connectivity index (χ4n) is 2.74. The van der Waals surface area contributed by atoms with E-state index in [0.29, 0.717) is 31.3 Å². The van der Waals surface area contributed by atoms with Crippen molar-refractivity contribution < 1.29 is 4.79 Å². The quantitative estimate of drug-likeness (QED) is 0.846. The van der Waals surface area contributed by atoms with Gasteiger partial charge in [0.2, 0.25) is 5.91 Å². The van der Waals surface area contributed by atoms with E-state index in [4.69, 9.17) is 0 Å². The average molecular weight is 328 g/mol. The Bertz CT molecular complexity index is 757. The summed E-state index contributed by atoms with van der Waals surface area (Å²) in [5.41, 5.74) is 0.709. The number of carbonyl (C=O) groups is 1. The zero-order valence-electron chi connectivity index (χ0n) is 14.2. The van der Waals surface area contributed by atoms with Gasteiger partial charge in [0.1, 0.15) is 5.82 Å². The first kappa shape index (κ1) is 16.5. The molecule has 1 aromatic heterocycles. The highest BCUT2D eigenvalue weighted by Gasteiger charge is 2.31. The summed E-state index contributed by atoms with van der Waals surface area (Å²) in [7, 11) is 0. The van der Waals surface area contributed by atoms with Crippen LogP contribution in [0.4, 0.5) is 0 Å². The molecule has 24 heavy (non-hydrogen) atoms. The van der Waals surface area contributed by atoms with Gasteiger partial charge in [0.25, 0.3) is 0 Å². The summed E-state index contributed by atoms with van der Waals surface area (Å²) in [6, 6.07) is 9.61. The Morgan fingerprint density at radius 3 is 2.62 bits per heavy atom. The molecule has 1 fully saturated rings. The van der Waals surface area contributed by atoms with Crippen molar-refractivity contribution in [3.63, 3.8) is 0 Å². The van der Waals surface area contributed by atoms with Gasteiger partial charge in [-0.05, 0) is 30.9 Å². The predicted molar refractivity (Wildman–Crippen MR) is 92.3 cm³/mol. The molecular weight excluding hydrogens is 304 g/mol. The fraction of sp³-hybridized carbons (Fsp3) is 0.500. The van der Waals surface area contributed by atoms with Crippen LogP contribution in [0, 0.1) is 5.92 Å². The highest BCUT2D eigenvalue weighted by molar-refractivity contribution is 5.75. The molecule has 1 N–H and O–H groups in total. The summed E-state index contributed by atoms with van der Waals surface area (Å²) >= 11 is 0. The molecule has 1 aliphatic rings. The van der Waals surface area contributed by atoms with Crippen LogP contribution in [-0.2, 0) is 11.3 Å². The Balaban J connectivity index is 1.75. The van der Waals surface area contributed by atoms with E-state index in [1.165, 1.54) is 4.68 Å². The van der Waals surface area contributed by atoms with Crippen LogP contribution in [0.25, 0.3) is 5.69 Å². The largest absolute Gasteiger partial charge is 0.354 e. The molecule has 128 valence electrons. The number of benzene rings is 1. The Morgan fingerprint density at radius 1 is 1.29 bits per heavy atom. The lowest BCUT2D eigenvalue weighted by Gasteiger charge is -2.06. The van der Waals surface area contributed by atoms with Crippen molar-refractivity contribution in [3.8, 4) is 5.69 Å². The van der Waals surface area contributed by atoms with Crippen molar-refractivity contribution in [2.24, 2.45) is 5.92 Å². The van der Waals surface area contributed by atoms with Crippen molar-refractivity contribution >= 4 is 5.91 Å². The van der Waals surface area contributed by atoms with Crippen LogP contribution in [0.3, 0.4) is 0 Å². The van der Waals surface area contributed by atoms with E-state index in [0.717, 1.165) is 24.4 Å². The van der Waals surface area contributed by atoms with Gasteiger partial charge in [-0.3, -0.25) is 4.79 Å². The molecule has 1 aliphatic carbocycles. The molecule has 0 bridgehead atoms. The van der Waals surface area contributed by atoms with Gasteiger partial charge in [-0.1, -0.05) is 32.0 Å². The van der Waals surface area contributed by atoms with Gasteiger partial charge in [-0.25, -0.2) is 14.0 Å². The lowest BCUT2D eigenvalue weighted by molar-refractivity contribution is -0.121. The minimum absolute atomic E-state index is 0.0166. The molecule has 6 heteroatoms. The van der Waals surface area contributed by atoms with Crippen LogP contribution in [-0.4, -0.2) is 26.8 Å². The Labute approximate surface area is 141 Å². The number of amides is 1. The van der Waals surface area contributed by atoms with Crippen LogP contribution in [0.15, 0.2) is 35.1 Å². The number of aromatic nitrogens is 3. The standard InChI is InChI=1S/C18H24N4O2/c1-13(2)12-16(23)19-10-11-21-18(24)22(15-6-4-3-5-7-15)17(20-21)14-8-9-14/h3-7,13-14H,8-12H2,1-2H3,(H,19,23). The summed E-state index contributed by atoms with van der Waals surface area (Å²) in [4.78, 5) is 24.4. The molecule has 0 unspecified atom stereocenters. The third-order valence-electron chi connectivity index (χ3n) is 4.06. The van der Waals surface area contributed by atoms with Gasteiger partial charge in [0.05, 0.1) is 12.2 Å². The first-order valence-corrected chi connectivity index (χ1v) is 8.58. The Morgan fingerprint density at radius 2 is 2.00 bits per heavy atom. The minimum atomic E-state index is -0.138. The highest BCUT2D eigenvalue weighted by atomic mass is 16.2. The molecule has 1 amide bonds. The molecule has 0 saturated heterocycles. The van der Waals surface area contributed by atoms with Crippen LogP contribution in [0.1, 0.15) is 44.9 Å². The summed E-state index contributed by atoms with van der Waals surface area (Å²) < 4.78 is 3.17. The van der Waals surface area contributed by atoms with Crippen molar-refractivity contribution in [1.29, 1.82) is 0 Å².